The lowest BCUT2D eigenvalue weighted by Crippen LogP contribution is -2.49. The van der Waals surface area contributed by atoms with E-state index < -0.39 is 6.03 Å². The molecule has 1 aliphatic heterocycles. The largest absolute Gasteiger partial charge is 0.352 e. The van der Waals surface area contributed by atoms with Crippen LogP contribution in [0.1, 0.15) is 6.42 Å². The Balaban J connectivity index is 1.84. The fourth-order valence-corrected chi connectivity index (χ4v) is 2.76. The maximum Gasteiger partial charge on any atom is 0.312 e. The van der Waals surface area contributed by atoms with Gasteiger partial charge in [0.25, 0.3) is 0 Å². The molecule has 0 bridgehead atoms. The van der Waals surface area contributed by atoms with Crippen LogP contribution in [0.15, 0.2) is 12.3 Å². The van der Waals surface area contributed by atoms with Crippen LogP contribution in [0.4, 0.5) is 10.6 Å². The molecule has 3 amide bonds. The van der Waals surface area contributed by atoms with Crippen molar-refractivity contribution in [1.29, 1.82) is 0 Å². The summed E-state index contributed by atoms with van der Waals surface area (Å²) in [6.07, 6.45) is 1.79. The summed E-state index contributed by atoms with van der Waals surface area (Å²) >= 11 is 12.0. The van der Waals surface area contributed by atoms with Gasteiger partial charge in [0.1, 0.15) is 5.82 Å². The highest BCUT2D eigenvalue weighted by atomic mass is 35.5. The number of hydrogen-bond acceptors (Lipinski definition) is 4. The molecule has 3 N–H and O–H groups in total. The van der Waals surface area contributed by atoms with E-state index in [0.717, 1.165) is 0 Å². The van der Waals surface area contributed by atoms with Crippen molar-refractivity contribution in [2.75, 3.05) is 37.6 Å². The number of halogens is 2. The number of amides is 3. The smallest absolute Gasteiger partial charge is 0.312 e. The van der Waals surface area contributed by atoms with Crippen LogP contribution in [0.2, 0.25) is 10.0 Å². The van der Waals surface area contributed by atoms with Crippen LogP contribution in [0.25, 0.3) is 0 Å². The first kappa shape index (κ1) is 16.6. The van der Waals surface area contributed by atoms with Crippen molar-refractivity contribution in [2.24, 2.45) is 5.73 Å². The Labute approximate surface area is 138 Å². The summed E-state index contributed by atoms with van der Waals surface area (Å²) in [4.78, 5) is 30.6. The SMILES string of the molecule is NC(=O)NCCC(=O)N1CCN(c2ncc(Cl)cc2Cl)CC1. The summed E-state index contributed by atoms with van der Waals surface area (Å²) in [6, 6.07) is 1.03. The molecule has 0 radical (unpaired) electrons. The number of nitrogens with zero attached hydrogens (tertiary/aromatic N) is 3. The number of piperazine rings is 1. The van der Waals surface area contributed by atoms with E-state index in [2.05, 4.69) is 10.3 Å². The van der Waals surface area contributed by atoms with Crippen molar-refractivity contribution in [3.8, 4) is 0 Å². The molecule has 0 aliphatic carbocycles. The number of pyridine rings is 1. The molecule has 9 heteroatoms. The fourth-order valence-electron chi connectivity index (χ4n) is 2.26. The minimum absolute atomic E-state index is 0.0106. The molecule has 1 aromatic rings. The summed E-state index contributed by atoms with van der Waals surface area (Å²) in [6.45, 7) is 2.69. The maximum absolute atomic E-state index is 12.0. The summed E-state index contributed by atoms with van der Waals surface area (Å²) < 4.78 is 0. The van der Waals surface area contributed by atoms with Gasteiger partial charge < -0.3 is 20.9 Å². The van der Waals surface area contributed by atoms with E-state index >= 15 is 0 Å². The third-order valence-electron chi connectivity index (χ3n) is 3.36. The predicted molar refractivity (Wildman–Crippen MR) is 85.3 cm³/mol. The number of aromatic nitrogens is 1. The van der Waals surface area contributed by atoms with Crippen molar-refractivity contribution < 1.29 is 9.59 Å². The number of nitrogens with one attached hydrogen (secondary N) is 1. The Bertz CT molecular complexity index is 561. The van der Waals surface area contributed by atoms with Crippen LogP contribution in [-0.4, -0.2) is 54.5 Å². The minimum Gasteiger partial charge on any atom is -0.352 e. The first-order valence-corrected chi connectivity index (χ1v) is 7.60. The van der Waals surface area contributed by atoms with Gasteiger partial charge in [-0.05, 0) is 6.07 Å². The standard InChI is InChI=1S/C13H17Cl2N5O2/c14-9-7-10(15)12(18-8-9)20-5-3-19(4-6-20)11(21)1-2-17-13(16)22/h7-8H,1-6H2,(H3,16,17,22). The maximum atomic E-state index is 12.0. The normalized spacial score (nSPS) is 14.8. The Kier molecular flexibility index (Phi) is 5.68. The summed E-state index contributed by atoms with van der Waals surface area (Å²) in [7, 11) is 0. The lowest BCUT2D eigenvalue weighted by atomic mass is 10.2. The van der Waals surface area contributed by atoms with Crippen LogP contribution >= 0.6 is 23.2 Å². The zero-order chi connectivity index (χ0) is 16.1. The van der Waals surface area contributed by atoms with Crippen molar-refractivity contribution in [3.63, 3.8) is 0 Å². The molecule has 1 aromatic heterocycles. The molecule has 2 rings (SSSR count). The van der Waals surface area contributed by atoms with Gasteiger partial charge in [0, 0.05) is 45.3 Å². The molecule has 22 heavy (non-hydrogen) atoms. The monoisotopic (exact) mass is 345 g/mol. The van der Waals surface area contributed by atoms with Gasteiger partial charge in [-0.25, -0.2) is 9.78 Å². The topological polar surface area (TPSA) is 91.6 Å². The van der Waals surface area contributed by atoms with Crippen molar-refractivity contribution in [1.82, 2.24) is 15.2 Å². The van der Waals surface area contributed by atoms with E-state index in [1.165, 1.54) is 0 Å². The predicted octanol–water partition coefficient (Wildman–Crippen LogP) is 1.10. The Morgan fingerprint density at radius 1 is 1.27 bits per heavy atom. The van der Waals surface area contributed by atoms with E-state index in [1.807, 2.05) is 4.90 Å². The quantitative estimate of drug-likeness (QED) is 0.854. The third kappa shape index (κ3) is 4.38. The molecular formula is C13H17Cl2N5O2. The zero-order valence-electron chi connectivity index (χ0n) is 11.9. The van der Waals surface area contributed by atoms with E-state index in [9.17, 15) is 9.59 Å². The molecule has 2 heterocycles. The number of hydrogen-bond donors (Lipinski definition) is 2. The number of primary amides is 1. The average molecular weight is 346 g/mol. The van der Waals surface area contributed by atoms with Crippen molar-refractivity contribution in [3.05, 3.63) is 22.3 Å². The Morgan fingerprint density at radius 3 is 2.55 bits per heavy atom. The van der Waals surface area contributed by atoms with E-state index in [4.69, 9.17) is 28.9 Å². The summed E-state index contributed by atoms with van der Waals surface area (Å²) in [5.41, 5.74) is 4.95. The number of carbonyl (C=O) groups is 2. The second-order valence-corrected chi connectivity index (χ2v) is 5.71. The molecule has 7 nitrogen and oxygen atoms in total. The molecule has 0 unspecified atom stereocenters. The summed E-state index contributed by atoms with van der Waals surface area (Å²) in [5.74, 6) is 0.664. The van der Waals surface area contributed by atoms with E-state index in [1.54, 1.807) is 17.2 Å². The highest BCUT2D eigenvalue weighted by Crippen LogP contribution is 2.26. The van der Waals surface area contributed by atoms with Crippen LogP contribution in [0.5, 0.6) is 0 Å². The number of anilines is 1. The lowest BCUT2D eigenvalue weighted by Gasteiger charge is -2.35. The number of rotatable bonds is 4. The van der Waals surface area contributed by atoms with Crippen LogP contribution in [0.3, 0.4) is 0 Å². The van der Waals surface area contributed by atoms with Crippen LogP contribution in [0, 0.1) is 0 Å². The fraction of sp³-hybridized carbons (Fsp3) is 0.462. The highest BCUT2D eigenvalue weighted by molar-refractivity contribution is 6.36. The van der Waals surface area contributed by atoms with Gasteiger partial charge in [0.15, 0.2) is 0 Å². The summed E-state index contributed by atoms with van der Waals surface area (Å²) in [5, 5.41) is 3.39. The second kappa shape index (κ2) is 7.51. The lowest BCUT2D eigenvalue weighted by molar-refractivity contribution is -0.131. The van der Waals surface area contributed by atoms with Crippen LogP contribution in [-0.2, 0) is 4.79 Å². The molecular weight excluding hydrogens is 329 g/mol. The Hall–Kier alpha value is -1.73. The number of carbonyl (C=O) groups excluding carboxylic acids is 2. The van der Waals surface area contributed by atoms with Gasteiger partial charge in [-0.3, -0.25) is 4.79 Å². The molecule has 1 fully saturated rings. The van der Waals surface area contributed by atoms with Gasteiger partial charge in [-0.15, -0.1) is 0 Å². The molecule has 0 atom stereocenters. The molecule has 120 valence electrons. The molecule has 0 saturated carbocycles. The minimum atomic E-state index is -0.624. The second-order valence-electron chi connectivity index (χ2n) is 4.87. The van der Waals surface area contributed by atoms with Gasteiger partial charge in [-0.2, -0.15) is 0 Å². The number of nitrogens with two attached hydrogens (primary N) is 1. The van der Waals surface area contributed by atoms with Gasteiger partial charge in [-0.1, -0.05) is 23.2 Å². The van der Waals surface area contributed by atoms with Crippen molar-refractivity contribution in [2.45, 2.75) is 6.42 Å². The van der Waals surface area contributed by atoms with Gasteiger partial charge >= 0.3 is 6.03 Å². The third-order valence-corrected chi connectivity index (χ3v) is 3.84. The molecule has 0 spiro atoms. The zero-order valence-corrected chi connectivity index (χ0v) is 13.4. The van der Waals surface area contributed by atoms with E-state index in [0.29, 0.717) is 42.0 Å². The average Bonchev–Trinajstić information content (AvgIpc) is 2.47. The van der Waals surface area contributed by atoms with Crippen LogP contribution < -0.4 is 16.0 Å². The van der Waals surface area contributed by atoms with Gasteiger partial charge in [0.05, 0.1) is 10.0 Å². The molecule has 1 aliphatic rings. The molecule has 0 aromatic carbocycles. The highest BCUT2D eigenvalue weighted by Gasteiger charge is 2.23. The number of urea groups is 1. The van der Waals surface area contributed by atoms with Crippen molar-refractivity contribution >= 4 is 41.0 Å². The first-order valence-electron chi connectivity index (χ1n) is 6.84. The molecule has 1 saturated heterocycles. The Morgan fingerprint density at radius 2 is 1.95 bits per heavy atom. The first-order chi connectivity index (χ1) is 10.5. The van der Waals surface area contributed by atoms with E-state index in [-0.39, 0.29) is 18.9 Å². The van der Waals surface area contributed by atoms with Gasteiger partial charge in [0.2, 0.25) is 5.91 Å².